The van der Waals surface area contributed by atoms with E-state index in [2.05, 4.69) is 23.8 Å². The van der Waals surface area contributed by atoms with Crippen molar-refractivity contribution in [3.05, 3.63) is 71.2 Å². The summed E-state index contributed by atoms with van der Waals surface area (Å²) in [4.78, 5) is 36.0. The Balaban J connectivity index is 1.91. The number of carbonyl (C=O) groups is 2. The monoisotopic (exact) mass is 417 g/mol. The lowest BCUT2D eigenvalue weighted by molar-refractivity contribution is -0.140. The molecule has 0 unspecified atom stereocenters. The van der Waals surface area contributed by atoms with Crippen LogP contribution in [-0.2, 0) is 14.9 Å². The molecule has 6 heteroatoms. The first kappa shape index (κ1) is 20.8. The Morgan fingerprint density at radius 2 is 1.90 bits per heavy atom. The summed E-state index contributed by atoms with van der Waals surface area (Å²) in [6.45, 7) is 10.1. The van der Waals surface area contributed by atoms with Crippen molar-refractivity contribution in [2.24, 2.45) is 0 Å². The first-order valence-electron chi connectivity index (χ1n) is 10.5. The molecule has 0 radical (unpaired) electrons. The number of hydrogen-bond acceptors (Lipinski definition) is 4. The van der Waals surface area contributed by atoms with Gasteiger partial charge in [-0.1, -0.05) is 32.0 Å². The molecule has 0 fully saturated rings. The van der Waals surface area contributed by atoms with Crippen molar-refractivity contribution < 1.29 is 14.3 Å². The molecule has 0 atom stereocenters. The Hall–Kier alpha value is -3.41. The SMILES string of the molecule is Cc1ccccc1C(=O)N1C=C(C(=O)OC(C)C)c2[nH]c3ncccc3c2C(C)(C)C1. The number of aryl methyl sites for hydroxylation is 1. The number of aromatic amines is 1. The molecule has 0 spiro atoms. The van der Waals surface area contributed by atoms with E-state index in [4.69, 9.17) is 4.74 Å². The Morgan fingerprint density at radius 3 is 2.61 bits per heavy atom. The molecule has 1 N–H and O–H groups in total. The molecule has 31 heavy (non-hydrogen) atoms. The van der Waals surface area contributed by atoms with Gasteiger partial charge in [-0.15, -0.1) is 0 Å². The zero-order valence-corrected chi connectivity index (χ0v) is 18.5. The molecule has 4 rings (SSSR count). The molecule has 3 aromatic rings. The minimum Gasteiger partial charge on any atom is -0.459 e. The van der Waals surface area contributed by atoms with Gasteiger partial charge in [0.05, 0.1) is 17.4 Å². The summed E-state index contributed by atoms with van der Waals surface area (Å²) >= 11 is 0. The summed E-state index contributed by atoms with van der Waals surface area (Å²) in [6, 6.07) is 11.4. The molecule has 160 valence electrons. The number of esters is 1. The second-order valence-electron chi connectivity index (χ2n) is 8.90. The molecule has 6 nitrogen and oxygen atoms in total. The van der Waals surface area contributed by atoms with Crippen molar-refractivity contribution in [2.45, 2.75) is 46.1 Å². The third kappa shape index (κ3) is 3.74. The maximum absolute atomic E-state index is 13.5. The number of nitrogens with zero attached hydrogens (tertiary/aromatic N) is 2. The number of ether oxygens (including phenoxy) is 1. The van der Waals surface area contributed by atoms with E-state index in [-0.39, 0.29) is 12.0 Å². The van der Waals surface area contributed by atoms with Gasteiger partial charge in [0.2, 0.25) is 0 Å². The number of fused-ring (bicyclic) bond motifs is 3. The van der Waals surface area contributed by atoms with Crippen LogP contribution in [0.25, 0.3) is 16.6 Å². The molecular formula is C25H27N3O3. The highest BCUT2D eigenvalue weighted by Gasteiger charge is 2.38. The average molecular weight is 418 g/mol. The third-order valence-corrected chi connectivity index (χ3v) is 5.57. The number of H-pyrrole nitrogens is 1. The Bertz CT molecular complexity index is 1200. The first-order valence-corrected chi connectivity index (χ1v) is 10.5. The fraction of sp³-hybridized carbons (Fsp3) is 0.320. The summed E-state index contributed by atoms with van der Waals surface area (Å²) in [7, 11) is 0. The second kappa shape index (κ2) is 7.69. The van der Waals surface area contributed by atoms with E-state index in [1.165, 1.54) is 0 Å². The maximum Gasteiger partial charge on any atom is 0.342 e. The van der Waals surface area contributed by atoms with Crippen LogP contribution in [0.15, 0.2) is 48.8 Å². The van der Waals surface area contributed by atoms with Crippen molar-refractivity contribution in [1.82, 2.24) is 14.9 Å². The lowest BCUT2D eigenvalue weighted by Crippen LogP contribution is -2.37. The van der Waals surface area contributed by atoms with Gasteiger partial charge in [0.1, 0.15) is 5.65 Å². The van der Waals surface area contributed by atoms with Gasteiger partial charge in [-0.2, -0.15) is 0 Å². The molecule has 1 amide bonds. The van der Waals surface area contributed by atoms with E-state index in [0.29, 0.717) is 29.0 Å². The van der Waals surface area contributed by atoms with Gasteiger partial charge in [-0.05, 0) is 50.1 Å². The van der Waals surface area contributed by atoms with Crippen LogP contribution in [0, 0.1) is 6.92 Å². The standard InChI is InChI=1S/C25H27N3O3/c1-15(2)31-24(30)19-13-28(23(29)17-10-7-6-9-16(17)3)14-25(4,5)20-18-11-8-12-26-22(18)27-21(19)20/h6-13,15H,14H2,1-5H3,(H,26,27). The Morgan fingerprint density at radius 1 is 1.16 bits per heavy atom. The fourth-order valence-corrected chi connectivity index (χ4v) is 4.23. The minimum atomic E-state index is -0.469. The smallest absolute Gasteiger partial charge is 0.342 e. The van der Waals surface area contributed by atoms with E-state index in [1.807, 2.05) is 57.2 Å². The topological polar surface area (TPSA) is 75.3 Å². The molecule has 0 saturated carbocycles. The molecule has 2 aromatic heterocycles. The lowest BCUT2D eigenvalue weighted by Gasteiger charge is -2.30. The summed E-state index contributed by atoms with van der Waals surface area (Å²) in [6.07, 6.45) is 3.06. The largest absolute Gasteiger partial charge is 0.459 e. The normalized spacial score (nSPS) is 15.4. The van der Waals surface area contributed by atoms with Gasteiger partial charge in [0.25, 0.3) is 5.91 Å². The molecule has 3 heterocycles. The number of aromatic nitrogens is 2. The van der Waals surface area contributed by atoms with Crippen molar-refractivity contribution in [2.75, 3.05) is 6.54 Å². The molecule has 0 aliphatic carbocycles. The van der Waals surface area contributed by atoms with Crippen LogP contribution < -0.4 is 0 Å². The quantitative estimate of drug-likeness (QED) is 0.632. The number of amides is 1. The third-order valence-electron chi connectivity index (χ3n) is 5.57. The fourth-order valence-electron chi connectivity index (χ4n) is 4.23. The summed E-state index contributed by atoms with van der Waals surface area (Å²) in [5.41, 5.74) is 3.72. The molecule has 1 aliphatic heterocycles. The Kier molecular flexibility index (Phi) is 5.17. The number of pyridine rings is 1. The zero-order valence-electron chi connectivity index (χ0n) is 18.5. The summed E-state index contributed by atoms with van der Waals surface area (Å²) in [5, 5.41) is 0.941. The van der Waals surface area contributed by atoms with Crippen molar-refractivity contribution in [3.8, 4) is 0 Å². The van der Waals surface area contributed by atoms with Gasteiger partial charge in [0.15, 0.2) is 0 Å². The number of nitrogens with one attached hydrogen (secondary N) is 1. The Labute approximate surface area is 181 Å². The van der Waals surface area contributed by atoms with Crippen LogP contribution in [0.4, 0.5) is 0 Å². The van der Waals surface area contributed by atoms with E-state index in [0.717, 1.165) is 16.5 Å². The minimum absolute atomic E-state index is 0.145. The number of rotatable bonds is 3. The van der Waals surface area contributed by atoms with Gasteiger partial charge in [-0.25, -0.2) is 9.78 Å². The van der Waals surface area contributed by atoms with Crippen LogP contribution in [0.1, 0.15) is 54.9 Å². The predicted octanol–water partition coefficient (Wildman–Crippen LogP) is 4.60. The second-order valence-corrected chi connectivity index (χ2v) is 8.90. The van der Waals surface area contributed by atoms with Gasteiger partial charge in [0, 0.05) is 35.3 Å². The van der Waals surface area contributed by atoms with Gasteiger partial charge >= 0.3 is 5.97 Å². The van der Waals surface area contributed by atoms with E-state index in [9.17, 15) is 9.59 Å². The van der Waals surface area contributed by atoms with E-state index < -0.39 is 11.4 Å². The van der Waals surface area contributed by atoms with E-state index in [1.54, 1.807) is 17.3 Å². The zero-order chi connectivity index (χ0) is 22.3. The van der Waals surface area contributed by atoms with Gasteiger partial charge < -0.3 is 14.6 Å². The number of benzene rings is 1. The van der Waals surface area contributed by atoms with E-state index >= 15 is 0 Å². The highest BCUT2D eigenvalue weighted by atomic mass is 16.5. The molecular weight excluding hydrogens is 390 g/mol. The van der Waals surface area contributed by atoms with Crippen molar-refractivity contribution >= 4 is 28.5 Å². The number of carbonyl (C=O) groups excluding carboxylic acids is 2. The average Bonchev–Trinajstić information content (AvgIpc) is 3.05. The molecule has 0 saturated heterocycles. The highest BCUT2D eigenvalue weighted by molar-refractivity contribution is 6.18. The summed E-state index contributed by atoms with van der Waals surface area (Å²) < 4.78 is 5.54. The van der Waals surface area contributed by atoms with Crippen LogP contribution in [0.3, 0.4) is 0 Å². The molecule has 1 aromatic carbocycles. The summed E-state index contributed by atoms with van der Waals surface area (Å²) in [5.74, 6) is -0.614. The highest BCUT2D eigenvalue weighted by Crippen LogP contribution is 2.40. The van der Waals surface area contributed by atoms with Crippen LogP contribution in [0.5, 0.6) is 0 Å². The maximum atomic E-state index is 13.5. The first-order chi connectivity index (χ1) is 14.7. The van der Waals surface area contributed by atoms with Crippen molar-refractivity contribution in [3.63, 3.8) is 0 Å². The van der Waals surface area contributed by atoms with Crippen molar-refractivity contribution in [1.29, 1.82) is 0 Å². The van der Waals surface area contributed by atoms with Crippen LogP contribution in [0.2, 0.25) is 0 Å². The van der Waals surface area contributed by atoms with Gasteiger partial charge in [-0.3, -0.25) is 4.79 Å². The number of hydrogen-bond donors (Lipinski definition) is 1. The predicted molar refractivity (Wildman–Crippen MR) is 121 cm³/mol. The van der Waals surface area contributed by atoms with Crippen LogP contribution >= 0.6 is 0 Å². The molecule has 0 bridgehead atoms. The van der Waals surface area contributed by atoms with Crippen LogP contribution in [-0.4, -0.2) is 39.4 Å². The lowest BCUT2D eigenvalue weighted by atomic mass is 9.82. The molecule has 1 aliphatic rings.